The summed E-state index contributed by atoms with van der Waals surface area (Å²) in [6, 6.07) is 0.00400. The smallest absolute Gasteiger partial charge is 0.306 e. The van der Waals surface area contributed by atoms with Crippen molar-refractivity contribution in [2.45, 2.75) is 51.5 Å². The number of rotatable bonds is 4. The molecule has 0 aromatic carbocycles. The summed E-state index contributed by atoms with van der Waals surface area (Å²) >= 11 is 1.57. The number of nitrogens with zero attached hydrogens (tertiary/aromatic N) is 1. The SMILES string of the molecule is CC(C)(C)c1nc(CC(=O)NC2CC(C(=O)O)C2)cs1. The molecule has 0 bridgehead atoms. The van der Waals surface area contributed by atoms with Crippen LogP contribution in [-0.2, 0) is 21.4 Å². The number of nitrogens with one attached hydrogen (secondary N) is 1. The molecule has 0 unspecified atom stereocenters. The average Bonchev–Trinajstić information content (AvgIpc) is 2.70. The van der Waals surface area contributed by atoms with Gasteiger partial charge in [-0.2, -0.15) is 0 Å². The predicted molar refractivity (Wildman–Crippen MR) is 76.8 cm³/mol. The van der Waals surface area contributed by atoms with Crippen molar-refractivity contribution in [1.82, 2.24) is 10.3 Å². The van der Waals surface area contributed by atoms with Crippen LogP contribution in [0.1, 0.15) is 44.3 Å². The zero-order valence-corrected chi connectivity index (χ0v) is 12.8. The van der Waals surface area contributed by atoms with Gasteiger partial charge in [0.05, 0.1) is 23.0 Å². The van der Waals surface area contributed by atoms with Crippen LogP contribution < -0.4 is 5.32 Å². The molecule has 2 rings (SSSR count). The Kier molecular flexibility index (Phi) is 4.13. The summed E-state index contributed by atoms with van der Waals surface area (Å²) in [5, 5.41) is 14.6. The first-order valence-corrected chi connectivity index (χ1v) is 7.60. The van der Waals surface area contributed by atoms with E-state index in [0.29, 0.717) is 12.8 Å². The topological polar surface area (TPSA) is 79.3 Å². The summed E-state index contributed by atoms with van der Waals surface area (Å²) < 4.78 is 0. The van der Waals surface area contributed by atoms with Crippen LogP contribution in [0.3, 0.4) is 0 Å². The maximum absolute atomic E-state index is 11.9. The monoisotopic (exact) mass is 296 g/mol. The molecule has 1 aromatic rings. The number of aromatic nitrogens is 1. The van der Waals surface area contributed by atoms with E-state index in [4.69, 9.17) is 5.11 Å². The van der Waals surface area contributed by atoms with E-state index >= 15 is 0 Å². The van der Waals surface area contributed by atoms with E-state index in [1.807, 2.05) is 5.38 Å². The van der Waals surface area contributed by atoms with Gasteiger partial charge in [0.2, 0.25) is 5.91 Å². The number of amides is 1. The summed E-state index contributed by atoms with van der Waals surface area (Å²) in [5.74, 6) is -1.15. The molecule has 0 radical (unpaired) electrons. The Morgan fingerprint density at radius 2 is 2.10 bits per heavy atom. The van der Waals surface area contributed by atoms with Gasteiger partial charge in [-0.15, -0.1) is 11.3 Å². The van der Waals surface area contributed by atoms with Gasteiger partial charge in [0, 0.05) is 16.8 Å². The lowest BCUT2D eigenvalue weighted by atomic mass is 9.80. The van der Waals surface area contributed by atoms with Crippen molar-refractivity contribution in [3.05, 3.63) is 16.1 Å². The molecule has 1 saturated carbocycles. The predicted octanol–water partition coefficient (Wildman–Crippen LogP) is 1.96. The van der Waals surface area contributed by atoms with Gasteiger partial charge < -0.3 is 10.4 Å². The van der Waals surface area contributed by atoms with Crippen molar-refractivity contribution in [3.8, 4) is 0 Å². The highest BCUT2D eigenvalue weighted by Crippen LogP contribution is 2.28. The van der Waals surface area contributed by atoms with Crippen molar-refractivity contribution < 1.29 is 14.7 Å². The fraction of sp³-hybridized carbons (Fsp3) is 0.643. The molecule has 1 aliphatic carbocycles. The highest BCUT2D eigenvalue weighted by atomic mass is 32.1. The van der Waals surface area contributed by atoms with Crippen molar-refractivity contribution in [1.29, 1.82) is 0 Å². The average molecular weight is 296 g/mol. The van der Waals surface area contributed by atoms with Gasteiger partial charge in [-0.25, -0.2) is 4.98 Å². The second-order valence-electron chi connectivity index (χ2n) is 6.34. The van der Waals surface area contributed by atoms with Crippen molar-refractivity contribution in [2.75, 3.05) is 0 Å². The Balaban J connectivity index is 1.81. The summed E-state index contributed by atoms with van der Waals surface area (Å²) in [6.07, 6.45) is 1.33. The number of carboxylic acid groups (broad SMARTS) is 1. The Morgan fingerprint density at radius 3 is 2.60 bits per heavy atom. The van der Waals surface area contributed by atoms with Gasteiger partial charge in [0.1, 0.15) is 0 Å². The fourth-order valence-electron chi connectivity index (χ4n) is 2.11. The Bertz CT molecular complexity index is 513. The zero-order chi connectivity index (χ0) is 14.9. The molecule has 1 aromatic heterocycles. The third-order valence-electron chi connectivity index (χ3n) is 3.39. The van der Waals surface area contributed by atoms with Crippen LogP contribution in [0, 0.1) is 5.92 Å². The minimum absolute atomic E-state index is 0.00206. The third kappa shape index (κ3) is 3.56. The molecule has 6 heteroatoms. The lowest BCUT2D eigenvalue weighted by Crippen LogP contribution is -2.47. The molecule has 0 atom stereocenters. The van der Waals surface area contributed by atoms with Crippen LogP contribution in [-0.4, -0.2) is 28.0 Å². The number of hydrogen-bond donors (Lipinski definition) is 2. The number of thiazole rings is 1. The largest absolute Gasteiger partial charge is 0.481 e. The molecule has 1 amide bonds. The normalized spacial score (nSPS) is 22.1. The summed E-state index contributed by atoms with van der Waals surface area (Å²) in [4.78, 5) is 27.0. The molecule has 20 heavy (non-hydrogen) atoms. The molecule has 0 aliphatic heterocycles. The third-order valence-corrected chi connectivity index (χ3v) is 4.70. The molecular weight excluding hydrogens is 276 g/mol. The minimum atomic E-state index is -0.773. The molecular formula is C14H20N2O3S. The second kappa shape index (κ2) is 5.52. The quantitative estimate of drug-likeness (QED) is 0.890. The van der Waals surface area contributed by atoms with Crippen molar-refractivity contribution >= 4 is 23.2 Å². The molecule has 0 saturated heterocycles. The molecule has 1 aliphatic rings. The van der Waals surface area contributed by atoms with Gasteiger partial charge in [0.25, 0.3) is 0 Å². The van der Waals surface area contributed by atoms with Crippen molar-refractivity contribution in [3.63, 3.8) is 0 Å². The standard InChI is InChI=1S/C14H20N2O3S/c1-14(2,3)13-16-10(7-20-13)6-11(17)15-9-4-8(5-9)12(18)19/h7-9H,4-6H2,1-3H3,(H,15,17)(H,18,19). The van der Waals surface area contributed by atoms with Crippen LogP contribution in [0.25, 0.3) is 0 Å². The number of carboxylic acids is 1. The number of carbonyl (C=O) groups is 2. The van der Waals surface area contributed by atoms with E-state index in [9.17, 15) is 9.59 Å². The van der Waals surface area contributed by atoms with E-state index in [1.54, 1.807) is 11.3 Å². The van der Waals surface area contributed by atoms with E-state index in [2.05, 4.69) is 31.1 Å². The van der Waals surface area contributed by atoms with Gasteiger partial charge >= 0.3 is 5.97 Å². The summed E-state index contributed by atoms with van der Waals surface area (Å²) in [6.45, 7) is 6.28. The number of hydrogen-bond acceptors (Lipinski definition) is 4. The maximum atomic E-state index is 11.9. The van der Waals surface area contributed by atoms with Crippen LogP contribution in [0.2, 0.25) is 0 Å². The van der Waals surface area contributed by atoms with E-state index in [-0.39, 0.29) is 29.7 Å². The molecule has 1 heterocycles. The van der Waals surface area contributed by atoms with Crippen LogP contribution >= 0.6 is 11.3 Å². The summed E-state index contributed by atoms with van der Waals surface area (Å²) in [5.41, 5.74) is 0.786. The highest BCUT2D eigenvalue weighted by Gasteiger charge is 2.35. The van der Waals surface area contributed by atoms with Crippen LogP contribution in [0.5, 0.6) is 0 Å². The molecule has 110 valence electrons. The van der Waals surface area contributed by atoms with E-state index in [1.165, 1.54) is 0 Å². The van der Waals surface area contributed by atoms with Gasteiger partial charge in [0.15, 0.2) is 0 Å². The highest BCUT2D eigenvalue weighted by molar-refractivity contribution is 7.09. The van der Waals surface area contributed by atoms with E-state index in [0.717, 1.165) is 10.7 Å². The number of aliphatic carboxylic acids is 1. The molecule has 0 spiro atoms. The van der Waals surface area contributed by atoms with Crippen molar-refractivity contribution in [2.24, 2.45) is 5.92 Å². The maximum Gasteiger partial charge on any atom is 0.306 e. The van der Waals surface area contributed by atoms with Gasteiger partial charge in [-0.3, -0.25) is 9.59 Å². The molecule has 5 nitrogen and oxygen atoms in total. The van der Waals surface area contributed by atoms with Crippen LogP contribution in [0.15, 0.2) is 5.38 Å². The Labute approximate surface area is 122 Å². The lowest BCUT2D eigenvalue weighted by molar-refractivity contribution is -0.146. The van der Waals surface area contributed by atoms with Crippen LogP contribution in [0.4, 0.5) is 0 Å². The summed E-state index contributed by atoms with van der Waals surface area (Å²) in [7, 11) is 0. The Morgan fingerprint density at radius 1 is 1.45 bits per heavy atom. The first-order chi connectivity index (χ1) is 9.25. The Hall–Kier alpha value is -1.43. The second-order valence-corrected chi connectivity index (χ2v) is 7.20. The first-order valence-electron chi connectivity index (χ1n) is 6.73. The first kappa shape index (κ1) is 15.0. The lowest BCUT2D eigenvalue weighted by Gasteiger charge is -2.32. The fourth-order valence-corrected chi connectivity index (χ4v) is 3.02. The molecule has 1 fully saturated rings. The van der Waals surface area contributed by atoms with Gasteiger partial charge in [-0.05, 0) is 12.8 Å². The molecule has 2 N–H and O–H groups in total. The number of carbonyl (C=O) groups excluding carboxylic acids is 1. The van der Waals surface area contributed by atoms with Gasteiger partial charge in [-0.1, -0.05) is 20.8 Å². The van der Waals surface area contributed by atoms with E-state index < -0.39 is 5.97 Å². The minimum Gasteiger partial charge on any atom is -0.481 e. The zero-order valence-electron chi connectivity index (χ0n) is 12.0.